The van der Waals surface area contributed by atoms with E-state index in [9.17, 15) is 13.2 Å². The predicted molar refractivity (Wildman–Crippen MR) is 52.7 cm³/mol. The molecule has 0 bridgehead atoms. The molecule has 1 atom stereocenters. The molecule has 0 spiro atoms. The summed E-state index contributed by atoms with van der Waals surface area (Å²) >= 11 is 0. The van der Waals surface area contributed by atoms with Gasteiger partial charge in [0.1, 0.15) is 6.10 Å². The average Bonchev–Trinajstić information content (AvgIpc) is 2.34. The molecule has 0 amide bonds. The van der Waals surface area contributed by atoms with Gasteiger partial charge in [-0.2, -0.15) is 13.2 Å². The first kappa shape index (κ1) is 8.78. The van der Waals surface area contributed by atoms with Crippen molar-refractivity contribution < 1.29 is 26.1 Å². The van der Waals surface area contributed by atoms with Crippen LogP contribution in [0.1, 0.15) is 26.9 Å². The molecule has 0 saturated carbocycles. The minimum atomic E-state index is -4.61. The molecule has 1 rings (SSSR count). The molecule has 1 unspecified atom stereocenters. The van der Waals surface area contributed by atoms with Gasteiger partial charge < -0.3 is 0 Å². The maximum atomic E-state index is 12.9. The van der Waals surface area contributed by atoms with Crippen LogP contribution >= 0.6 is 0 Å². The van der Waals surface area contributed by atoms with Crippen molar-refractivity contribution in [3.05, 3.63) is 47.5 Å². The third-order valence-corrected chi connectivity index (χ3v) is 2.04. The van der Waals surface area contributed by atoms with Crippen molar-refractivity contribution in [3.63, 3.8) is 0 Å². The summed E-state index contributed by atoms with van der Waals surface area (Å²) in [6.45, 7) is 0.575. The van der Waals surface area contributed by atoms with Gasteiger partial charge in [0, 0.05) is 5.56 Å². The first-order chi connectivity index (χ1) is 8.79. The van der Waals surface area contributed by atoms with Gasteiger partial charge in [0.25, 0.3) is 1.43 Å². The van der Waals surface area contributed by atoms with Gasteiger partial charge in [-0.05, 0) is 18.6 Å². The highest BCUT2D eigenvalue weighted by atomic mass is 19.4. The predicted octanol–water partition coefficient (Wildman–Crippen LogP) is 3.81. The van der Waals surface area contributed by atoms with E-state index < -0.39 is 24.4 Å². The van der Waals surface area contributed by atoms with Crippen molar-refractivity contribution in [2.24, 2.45) is 0 Å². The molecule has 0 aromatic heterocycles. The summed E-state index contributed by atoms with van der Waals surface area (Å²) in [4.78, 5) is 4.46. The fraction of sp³-hybridized carbons (Fsp3) is 0.273. The molecule has 0 heterocycles. The van der Waals surface area contributed by atoms with Gasteiger partial charge in [-0.25, -0.2) is 4.89 Å². The Hall–Kier alpha value is -1.33. The monoisotopic (exact) mass is 235 g/mol. The fourth-order valence-corrected chi connectivity index (χ4v) is 1.34. The highest BCUT2D eigenvalue weighted by Gasteiger charge is 2.35. The van der Waals surface area contributed by atoms with Crippen LogP contribution < -0.4 is 0 Å². The summed E-state index contributed by atoms with van der Waals surface area (Å²) in [5.74, 6) is 0. The number of benzene rings is 1. The molecule has 88 valence electrons. The molecule has 1 aromatic carbocycles. The highest BCUT2D eigenvalue weighted by Crippen LogP contribution is 2.37. The van der Waals surface area contributed by atoms with Gasteiger partial charge in [-0.1, -0.05) is 24.7 Å². The average molecular weight is 235 g/mol. The Balaban J connectivity index is 3.36. The van der Waals surface area contributed by atoms with Crippen molar-refractivity contribution >= 4 is 0 Å². The second-order valence-electron chi connectivity index (χ2n) is 3.24. The molecule has 1 aromatic rings. The number of halogens is 3. The molecule has 0 fully saturated rings. The van der Waals surface area contributed by atoms with Gasteiger partial charge >= 0.3 is 6.18 Å². The Morgan fingerprint density at radius 2 is 2.25 bits per heavy atom. The Morgan fingerprint density at radius 3 is 2.81 bits per heavy atom. The van der Waals surface area contributed by atoms with Crippen molar-refractivity contribution in [1.82, 2.24) is 0 Å². The minimum Gasteiger partial charge on any atom is -0.251 e. The number of hydrogen-bond donors (Lipinski definition) is 1. The van der Waals surface area contributed by atoms with Crippen LogP contribution in [0.25, 0.3) is 1.43 Å². The van der Waals surface area contributed by atoms with Crippen molar-refractivity contribution in [3.8, 4) is 0 Å². The number of hydrogen-bond acceptors (Lipinski definition) is 2. The summed E-state index contributed by atoms with van der Waals surface area (Å²) in [7, 11) is 0. The van der Waals surface area contributed by atoms with Crippen molar-refractivity contribution in [2.75, 3.05) is 0 Å². The first-order valence-electron chi connectivity index (χ1n) is 5.78. The molecule has 0 aliphatic heterocycles. The summed E-state index contributed by atoms with van der Waals surface area (Å²) < 4.78 is 59.3. The molecule has 16 heavy (non-hydrogen) atoms. The van der Waals surface area contributed by atoms with Crippen LogP contribution in [0.4, 0.5) is 13.2 Å². The van der Waals surface area contributed by atoms with Crippen LogP contribution in [0.3, 0.4) is 0 Å². The number of rotatable bonds is 4. The van der Waals surface area contributed by atoms with E-state index in [1.807, 2.05) is 0 Å². The fourth-order valence-electron chi connectivity index (χ4n) is 1.34. The topological polar surface area (TPSA) is 29.5 Å². The van der Waals surface area contributed by atoms with Crippen molar-refractivity contribution in [2.45, 2.75) is 19.2 Å². The van der Waals surface area contributed by atoms with Crippen LogP contribution in [0.2, 0.25) is 0 Å². The maximum absolute atomic E-state index is 12.9. The highest BCUT2D eigenvalue weighted by molar-refractivity contribution is 5.35. The first-order valence-corrected chi connectivity index (χ1v) is 4.37. The van der Waals surface area contributed by atoms with Crippen LogP contribution in [-0.2, 0) is 11.1 Å². The smallest absolute Gasteiger partial charge is 0.251 e. The van der Waals surface area contributed by atoms with E-state index in [4.69, 9.17) is 4.17 Å². The summed E-state index contributed by atoms with van der Waals surface area (Å²) in [5, 5.41) is 3.68. The van der Waals surface area contributed by atoms with E-state index in [2.05, 4.69) is 10.1 Å². The lowest BCUT2D eigenvalue weighted by Crippen LogP contribution is -2.13. The van der Waals surface area contributed by atoms with Crippen LogP contribution in [-0.4, -0.2) is 5.26 Å². The van der Waals surface area contributed by atoms with E-state index in [1.165, 1.54) is 19.1 Å². The van der Waals surface area contributed by atoms with Crippen LogP contribution in [0.15, 0.2) is 36.4 Å². The lowest BCUT2D eigenvalue weighted by Gasteiger charge is -2.18. The van der Waals surface area contributed by atoms with Gasteiger partial charge in [-0.3, -0.25) is 5.26 Å². The molecule has 0 aliphatic rings. The molecular formula is C11H11F3O2. The molecule has 5 heteroatoms. The molecule has 1 N–H and O–H groups in total. The Morgan fingerprint density at radius 1 is 1.56 bits per heavy atom. The Bertz CT molecular complexity index is 470. The summed E-state index contributed by atoms with van der Waals surface area (Å²) in [6, 6.07) is 4.59. The summed E-state index contributed by atoms with van der Waals surface area (Å²) in [6.07, 6.45) is -6.04. The Kier molecular flexibility index (Phi) is 2.56. The Labute approximate surface area is 95.2 Å². The van der Waals surface area contributed by atoms with Crippen LogP contribution in [0.5, 0.6) is 0 Å². The minimum absolute atomic E-state index is 0.0936. The zero-order valence-electron chi connectivity index (χ0n) is 11.3. The van der Waals surface area contributed by atoms with Gasteiger partial charge in [0.15, 0.2) is 0 Å². The van der Waals surface area contributed by atoms with Gasteiger partial charge in [-0.15, -0.1) is 0 Å². The van der Waals surface area contributed by atoms with E-state index in [0.717, 1.165) is 12.1 Å². The lowest BCUT2D eigenvalue weighted by atomic mass is 9.98. The molecule has 0 radical (unpaired) electrons. The summed E-state index contributed by atoms with van der Waals surface area (Å²) in [5.41, 5.74) is -1.36. The second kappa shape index (κ2) is 4.67. The van der Waals surface area contributed by atoms with Crippen LogP contribution in [0, 0.1) is 0 Å². The standard InChI is InChI=1S/C11H11F3O2/c1-7(2)10(16-15)8-5-3-4-6-9(8)11(12,13)14/h3-6,10,15H,1H2,2H3/i1D2/hD. The maximum Gasteiger partial charge on any atom is 0.416 e. The molecular weight excluding hydrogens is 221 g/mol. The van der Waals surface area contributed by atoms with E-state index in [0.29, 0.717) is 0 Å². The molecule has 0 saturated heterocycles. The van der Waals surface area contributed by atoms with Gasteiger partial charge in [0.05, 0.1) is 8.30 Å². The lowest BCUT2D eigenvalue weighted by molar-refractivity contribution is -0.272. The van der Waals surface area contributed by atoms with E-state index >= 15 is 0 Å². The second-order valence-corrected chi connectivity index (χ2v) is 3.24. The zero-order chi connectivity index (χ0) is 14.6. The third-order valence-electron chi connectivity index (χ3n) is 2.04. The largest absolute Gasteiger partial charge is 0.416 e. The number of alkyl halides is 3. The quantitative estimate of drug-likeness (QED) is 0.488. The van der Waals surface area contributed by atoms with Gasteiger partial charge in [0.2, 0.25) is 0 Å². The van der Waals surface area contributed by atoms with Crippen molar-refractivity contribution in [1.29, 1.82) is 1.43 Å². The van der Waals surface area contributed by atoms with E-state index in [-0.39, 0.29) is 11.1 Å². The SMILES string of the molecule is [2H]OOC(C(C)=C([2H])[2H])c1ccccc1C(F)(F)F. The molecule has 2 nitrogen and oxygen atoms in total. The normalized spacial score (nSPS) is 15.9. The third kappa shape index (κ3) is 2.62. The molecule has 0 aliphatic carbocycles. The van der Waals surface area contributed by atoms with E-state index in [1.54, 1.807) is 0 Å². The zero-order valence-corrected chi connectivity index (χ0v) is 8.34.